The Bertz CT molecular complexity index is 1610. The quantitative estimate of drug-likeness (QED) is 0.187. The Morgan fingerprint density at radius 2 is 0.886 bits per heavy atom. The van der Waals surface area contributed by atoms with E-state index < -0.39 is 0 Å². The Kier molecular flexibility index (Phi) is 5.48. The fourth-order valence-corrected chi connectivity index (χ4v) is 5.07. The van der Waals surface area contributed by atoms with Gasteiger partial charge in [-0.25, -0.2) is 0 Å². The van der Waals surface area contributed by atoms with Crippen LogP contribution in [-0.4, -0.2) is 0 Å². The van der Waals surface area contributed by atoms with Gasteiger partial charge in [-0.15, -0.1) is 0 Å². The molecule has 0 aromatic heterocycles. The van der Waals surface area contributed by atoms with E-state index >= 15 is 0 Å². The summed E-state index contributed by atoms with van der Waals surface area (Å²) in [5, 5.41) is 5.16. The van der Waals surface area contributed by atoms with Gasteiger partial charge in [-0.05, 0) is 61.8 Å². The van der Waals surface area contributed by atoms with Crippen LogP contribution in [0.3, 0.4) is 0 Å². The molecule has 6 aromatic carbocycles. The first kappa shape index (κ1) is 21.1. The number of aryl methyl sites for hydroxylation is 1. The van der Waals surface area contributed by atoms with Crippen molar-refractivity contribution >= 4 is 33.7 Å². The molecule has 6 rings (SSSR count). The van der Waals surface area contributed by atoms with Crippen molar-refractivity contribution in [1.29, 1.82) is 0 Å². The predicted molar refractivity (Wildman–Crippen MR) is 152 cm³/mol. The fourth-order valence-electron chi connectivity index (χ4n) is 5.07. The summed E-state index contributed by atoms with van der Waals surface area (Å²) in [5.74, 6) is 0. The van der Waals surface area contributed by atoms with Crippen molar-refractivity contribution in [1.82, 2.24) is 0 Å². The van der Waals surface area contributed by atoms with E-state index in [1.165, 1.54) is 60.5 Å². The zero-order valence-electron chi connectivity index (χ0n) is 19.8. The smallest absolute Gasteiger partial charge is 0.00263 e. The average molecular weight is 447 g/mol. The summed E-state index contributed by atoms with van der Waals surface area (Å²) in [7, 11) is 0. The average Bonchev–Trinajstić information content (AvgIpc) is 2.91. The molecular formula is C35H26. The minimum atomic E-state index is 1.20. The van der Waals surface area contributed by atoms with Gasteiger partial charge in [0.05, 0.1) is 0 Å². The standard InChI is InChI=1S/C35H26/c1-25-10-9-13-29(24-25)35-32-16-7-5-14-30(32)34(31-15-6-8-17-33(31)35)28-22-20-27(21-23-28)19-18-26-11-3-2-4-12-26/h2-24H,1H3/b19-18+. The van der Waals surface area contributed by atoms with Crippen molar-refractivity contribution in [3.05, 3.63) is 144 Å². The highest BCUT2D eigenvalue weighted by Gasteiger charge is 2.16. The van der Waals surface area contributed by atoms with Gasteiger partial charge in [0.2, 0.25) is 0 Å². The lowest BCUT2D eigenvalue weighted by molar-refractivity contribution is 1.47. The Morgan fingerprint density at radius 3 is 1.43 bits per heavy atom. The molecule has 0 heteroatoms. The number of benzene rings is 6. The number of rotatable bonds is 4. The normalized spacial score (nSPS) is 11.5. The van der Waals surface area contributed by atoms with Crippen LogP contribution in [0.25, 0.3) is 56.0 Å². The lowest BCUT2D eigenvalue weighted by Crippen LogP contribution is -1.91. The van der Waals surface area contributed by atoms with Crippen molar-refractivity contribution in [2.45, 2.75) is 6.92 Å². The number of hydrogen-bond acceptors (Lipinski definition) is 0. The van der Waals surface area contributed by atoms with Crippen molar-refractivity contribution < 1.29 is 0 Å². The van der Waals surface area contributed by atoms with E-state index in [4.69, 9.17) is 0 Å². The summed E-state index contributed by atoms with van der Waals surface area (Å²) >= 11 is 0. The highest BCUT2D eigenvalue weighted by atomic mass is 14.2. The largest absolute Gasteiger partial charge is 0.0622 e. The Morgan fingerprint density at radius 1 is 0.400 bits per heavy atom. The molecule has 0 nitrogen and oxygen atoms in total. The molecule has 0 heterocycles. The summed E-state index contributed by atoms with van der Waals surface area (Å²) in [6.07, 6.45) is 4.34. The van der Waals surface area contributed by atoms with Crippen LogP contribution in [0.1, 0.15) is 16.7 Å². The third kappa shape index (κ3) is 4.05. The van der Waals surface area contributed by atoms with Gasteiger partial charge in [0.25, 0.3) is 0 Å². The molecule has 0 radical (unpaired) electrons. The van der Waals surface area contributed by atoms with Crippen molar-refractivity contribution in [3.63, 3.8) is 0 Å². The summed E-state index contributed by atoms with van der Waals surface area (Å²) in [4.78, 5) is 0. The van der Waals surface area contributed by atoms with Gasteiger partial charge in [-0.3, -0.25) is 0 Å². The number of fused-ring (bicyclic) bond motifs is 2. The zero-order valence-corrected chi connectivity index (χ0v) is 19.8. The molecule has 0 aliphatic rings. The molecule has 0 aliphatic heterocycles. The Hall–Kier alpha value is -4.42. The third-order valence-electron chi connectivity index (χ3n) is 6.71. The van der Waals surface area contributed by atoms with Gasteiger partial charge in [0.1, 0.15) is 0 Å². The first-order valence-corrected chi connectivity index (χ1v) is 12.1. The molecule has 166 valence electrons. The van der Waals surface area contributed by atoms with E-state index in [-0.39, 0.29) is 0 Å². The maximum Gasteiger partial charge on any atom is -0.00263 e. The summed E-state index contributed by atoms with van der Waals surface area (Å²) in [5.41, 5.74) is 8.80. The third-order valence-corrected chi connectivity index (χ3v) is 6.71. The zero-order chi connectivity index (χ0) is 23.6. The van der Waals surface area contributed by atoms with Gasteiger partial charge >= 0.3 is 0 Å². The van der Waals surface area contributed by atoms with Gasteiger partial charge in [0, 0.05) is 0 Å². The van der Waals surface area contributed by atoms with E-state index in [2.05, 4.69) is 140 Å². The van der Waals surface area contributed by atoms with E-state index in [0.29, 0.717) is 0 Å². The van der Waals surface area contributed by atoms with Crippen LogP contribution in [0.5, 0.6) is 0 Å². The molecule has 35 heavy (non-hydrogen) atoms. The van der Waals surface area contributed by atoms with Gasteiger partial charge < -0.3 is 0 Å². The van der Waals surface area contributed by atoms with Crippen LogP contribution in [0.15, 0.2) is 127 Å². The Balaban J connectivity index is 1.54. The van der Waals surface area contributed by atoms with Crippen LogP contribution >= 0.6 is 0 Å². The monoisotopic (exact) mass is 446 g/mol. The van der Waals surface area contributed by atoms with E-state index in [0.717, 1.165) is 0 Å². The van der Waals surface area contributed by atoms with Gasteiger partial charge in [-0.2, -0.15) is 0 Å². The topological polar surface area (TPSA) is 0 Å². The maximum absolute atomic E-state index is 2.29. The molecule has 0 spiro atoms. The summed E-state index contributed by atoms with van der Waals surface area (Å²) < 4.78 is 0. The highest BCUT2D eigenvalue weighted by molar-refractivity contribution is 6.21. The molecule has 0 fully saturated rings. The second-order valence-corrected chi connectivity index (χ2v) is 9.08. The molecule has 0 aliphatic carbocycles. The van der Waals surface area contributed by atoms with Crippen LogP contribution in [-0.2, 0) is 0 Å². The molecule has 0 amide bonds. The van der Waals surface area contributed by atoms with E-state index in [1.54, 1.807) is 0 Å². The van der Waals surface area contributed by atoms with Crippen LogP contribution in [0.2, 0.25) is 0 Å². The molecule has 0 atom stereocenters. The molecular weight excluding hydrogens is 420 g/mol. The minimum absolute atomic E-state index is 1.20. The van der Waals surface area contributed by atoms with E-state index in [9.17, 15) is 0 Å². The first-order valence-electron chi connectivity index (χ1n) is 12.1. The summed E-state index contributed by atoms with van der Waals surface area (Å²) in [6, 6.07) is 45.9. The van der Waals surface area contributed by atoms with Crippen LogP contribution in [0.4, 0.5) is 0 Å². The second kappa shape index (κ2) is 9.08. The minimum Gasteiger partial charge on any atom is -0.0622 e. The van der Waals surface area contributed by atoms with Gasteiger partial charge in [0.15, 0.2) is 0 Å². The molecule has 6 aromatic rings. The van der Waals surface area contributed by atoms with Crippen molar-refractivity contribution in [3.8, 4) is 22.3 Å². The van der Waals surface area contributed by atoms with Crippen molar-refractivity contribution in [2.75, 3.05) is 0 Å². The lowest BCUT2D eigenvalue weighted by Gasteiger charge is -2.18. The maximum atomic E-state index is 2.29. The highest BCUT2D eigenvalue weighted by Crippen LogP contribution is 2.43. The second-order valence-electron chi connectivity index (χ2n) is 9.08. The van der Waals surface area contributed by atoms with Gasteiger partial charge in [-0.1, -0.05) is 145 Å². The number of hydrogen-bond donors (Lipinski definition) is 0. The predicted octanol–water partition coefficient (Wildman–Crippen LogP) is 9.81. The molecule has 0 bridgehead atoms. The van der Waals surface area contributed by atoms with Crippen LogP contribution < -0.4 is 0 Å². The van der Waals surface area contributed by atoms with Crippen molar-refractivity contribution in [2.24, 2.45) is 0 Å². The van der Waals surface area contributed by atoms with E-state index in [1.807, 2.05) is 6.07 Å². The molecule has 0 saturated heterocycles. The lowest BCUT2D eigenvalue weighted by atomic mass is 9.85. The molecule has 0 saturated carbocycles. The Labute approximate surface area is 206 Å². The van der Waals surface area contributed by atoms with Crippen LogP contribution in [0, 0.1) is 6.92 Å². The summed E-state index contributed by atoms with van der Waals surface area (Å²) in [6.45, 7) is 2.16. The molecule has 0 N–H and O–H groups in total. The fraction of sp³-hybridized carbons (Fsp3) is 0.0286. The SMILES string of the molecule is Cc1cccc(-c2c3ccccc3c(-c3ccc(/C=C/c4ccccc4)cc3)c3ccccc23)c1. The first-order chi connectivity index (χ1) is 17.3. The molecule has 0 unspecified atom stereocenters.